The van der Waals surface area contributed by atoms with E-state index in [9.17, 15) is 14.0 Å². The quantitative estimate of drug-likeness (QED) is 0.794. The maximum atomic E-state index is 12.7. The van der Waals surface area contributed by atoms with Gasteiger partial charge >= 0.3 is 6.03 Å². The van der Waals surface area contributed by atoms with Gasteiger partial charge in [0.25, 0.3) is 0 Å². The third-order valence-corrected chi connectivity index (χ3v) is 2.49. The Bertz CT molecular complexity index is 638. The second kappa shape index (κ2) is 6.51. The molecular formula is C13H14FN5O2. The van der Waals surface area contributed by atoms with Gasteiger partial charge in [-0.2, -0.15) is 5.10 Å². The molecular weight excluding hydrogens is 277 g/mol. The Hall–Kier alpha value is -2.90. The lowest BCUT2D eigenvalue weighted by Crippen LogP contribution is -2.35. The summed E-state index contributed by atoms with van der Waals surface area (Å²) in [7, 11) is 1.72. The van der Waals surface area contributed by atoms with Crippen LogP contribution in [0.15, 0.2) is 36.5 Å². The zero-order valence-corrected chi connectivity index (χ0v) is 11.3. The number of carbonyl (C=O) groups is 2. The highest BCUT2D eigenvalue weighted by Crippen LogP contribution is 2.07. The van der Waals surface area contributed by atoms with Gasteiger partial charge in [0.1, 0.15) is 5.82 Å². The number of aryl methyl sites for hydroxylation is 1. The summed E-state index contributed by atoms with van der Waals surface area (Å²) in [5.74, 6) is -0.424. The number of carbonyl (C=O) groups excluding carboxylic acids is 2. The largest absolute Gasteiger partial charge is 0.329 e. The van der Waals surface area contributed by atoms with Crippen LogP contribution in [0.3, 0.4) is 0 Å². The van der Waals surface area contributed by atoms with E-state index in [1.807, 2.05) is 0 Å². The summed E-state index contributed by atoms with van der Waals surface area (Å²) in [4.78, 5) is 23.1. The second-order valence-corrected chi connectivity index (χ2v) is 4.24. The molecule has 7 nitrogen and oxygen atoms in total. The summed E-state index contributed by atoms with van der Waals surface area (Å²) in [5, 5.41) is 11.4. The maximum absolute atomic E-state index is 12.7. The highest BCUT2D eigenvalue weighted by molar-refractivity contribution is 5.96. The van der Waals surface area contributed by atoms with Crippen molar-refractivity contribution < 1.29 is 14.0 Å². The number of amides is 3. The molecule has 0 spiro atoms. The molecule has 21 heavy (non-hydrogen) atoms. The van der Waals surface area contributed by atoms with E-state index in [1.54, 1.807) is 19.3 Å². The molecule has 3 N–H and O–H groups in total. The molecule has 3 amide bonds. The van der Waals surface area contributed by atoms with Gasteiger partial charge in [-0.3, -0.25) is 14.8 Å². The number of rotatable bonds is 4. The molecule has 0 aliphatic carbocycles. The summed E-state index contributed by atoms with van der Waals surface area (Å²) >= 11 is 0. The van der Waals surface area contributed by atoms with Crippen LogP contribution in [0, 0.1) is 5.82 Å². The molecule has 110 valence electrons. The van der Waals surface area contributed by atoms with Gasteiger partial charge < -0.3 is 10.6 Å². The Morgan fingerprint density at radius 1 is 1.19 bits per heavy atom. The minimum Gasteiger partial charge on any atom is -0.329 e. The first-order valence-electron chi connectivity index (χ1n) is 6.13. The summed E-state index contributed by atoms with van der Waals surface area (Å²) in [6, 6.07) is 6.41. The van der Waals surface area contributed by atoms with Crippen molar-refractivity contribution in [1.82, 2.24) is 15.1 Å². The molecule has 0 unspecified atom stereocenters. The van der Waals surface area contributed by atoms with Crippen molar-refractivity contribution in [3.63, 3.8) is 0 Å². The van der Waals surface area contributed by atoms with E-state index in [-0.39, 0.29) is 12.4 Å². The van der Waals surface area contributed by atoms with Crippen LogP contribution in [-0.4, -0.2) is 28.3 Å². The van der Waals surface area contributed by atoms with Crippen LogP contribution in [0.5, 0.6) is 0 Å². The number of urea groups is 1. The van der Waals surface area contributed by atoms with Gasteiger partial charge in [0, 0.05) is 25.0 Å². The molecule has 0 saturated carbocycles. The van der Waals surface area contributed by atoms with E-state index >= 15 is 0 Å². The number of anilines is 2. The SMILES string of the molecule is Cn1ccc(NC(=O)NCC(=O)Nc2ccc(F)cc2)n1. The van der Waals surface area contributed by atoms with Crippen LogP contribution >= 0.6 is 0 Å². The molecule has 1 heterocycles. The highest BCUT2D eigenvalue weighted by Gasteiger charge is 2.07. The van der Waals surface area contributed by atoms with E-state index < -0.39 is 11.9 Å². The van der Waals surface area contributed by atoms with Crippen LogP contribution < -0.4 is 16.0 Å². The third-order valence-electron chi connectivity index (χ3n) is 2.49. The molecule has 0 saturated heterocycles. The fourth-order valence-electron chi connectivity index (χ4n) is 1.54. The molecule has 8 heteroatoms. The first kappa shape index (κ1) is 14.5. The van der Waals surface area contributed by atoms with Crippen molar-refractivity contribution in [2.75, 3.05) is 17.2 Å². The predicted molar refractivity (Wildman–Crippen MR) is 75.3 cm³/mol. The molecule has 2 aromatic rings. The molecule has 0 aliphatic rings. The van der Waals surface area contributed by atoms with Crippen molar-refractivity contribution >= 4 is 23.4 Å². The number of halogens is 1. The van der Waals surface area contributed by atoms with Gasteiger partial charge in [-0.1, -0.05) is 0 Å². The molecule has 0 atom stereocenters. The van der Waals surface area contributed by atoms with E-state index in [4.69, 9.17) is 0 Å². The number of hydrogen-bond donors (Lipinski definition) is 3. The lowest BCUT2D eigenvalue weighted by molar-refractivity contribution is -0.115. The molecule has 0 fully saturated rings. The van der Waals surface area contributed by atoms with Crippen molar-refractivity contribution in [1.29, 1.82) is 0 Å². The van der Waals surface area contributed by atoms with Gasteiger partial charge in [0.2, 0.25) is 5.91 Å². The molecule has 2 rings (SSSR count). The van der Waals surface area contributed by atoms with E-state index in [1.165, 1.54) is 28.9 Å². The van der Waals surface area contributed by atoms with Crippen LogP contribution in [0.25, 0.3) is 0 Å². The zero-order valence-electron chi connectivity index (χ0n) is 11.3. The fraction of sp³-hybridized carbons (Fsp3) is 0.154. The monoisotopic (exact) mass is 291 g/mol. The first-order chi connectivity index (χ1) is 10.0. The smallest absolute Gasteiger partial charge is 0.320 e. The zero-order chi connectivity index (χ0) is 15.2. The van der Waals surface area contributed by atoms with Crippen LogP contribution in [-0.2, 0) is 11.8 Å². The van der Waals surface area contributed by atoms with E-state index in [2.05, 4.69) is 21.0 Å². The number of benzene rings is 1. The summed E-state index contributed by atoms with van der Waals surface area (Å²) in [5.41, 5.74) is 0.452. The third kappa shape index (κ3) is 4.60. The predicted octanol–water partition coefficient (Wildman–Crippen LogP) is 1.32. The first-order valence-corrected chi connectivity index (χ1v) is 6.13. The molecule has 0 aliphatic heterocycles. The topological polar surface area (TPSA) is 88.0 Å². The van der Waals surface area contributed by atoms with Gasteiger partial charge in [-0.05, 0) is 24.3 Å². The second-order valence-electron chi connectivity index (χ2n) is 4.24. The van der Waals surface area contributed by atoms with Crippen molar-refractivity contribution in [3.8, 4) is 0 Å². The van der Waals surface area contributed by atoms with Crippen molar-refractivity contribution in [2.45, 2.75) is 0 Å². The van der Waals surface area contributed by atoms with E-state index in [0.717, 1.165) is 0 Å². The Morgan fingerprint density at radius 3 is 2.52 bits per heavy atom. The van der Waals surface area contributed by atoms with Crippen molar-refractivity contribution in [2.24, 2.45) is 7.05 Å². The number of nitrogens with zero attached hydrogens (tertiary/aromatic N) is 2. The molecule has 0 radical (unpaired) electrons. The summed E-state index contributed by atoms with van der Waals surface area (Å²) in [6.45, 7) is -0.212. The lowest BCUT2D eigenvalue weighted by Gasteiger charge is -2.07. The van der Waals surface area contributed by atoms with Crippen LogP contribution in [0.1, 0.15) is 0 Å². The molecule has 1 aromatic heterocycles. The average Bonchev–Trinajstić information content (AvgIpc) is 2.84. The summed E-state index contributed by atoms with van der Waals surface area (Å²) in [6.07, 6.45) is 1.68. The standard InChI is InChI=1S/C13H14FN5O2/c1-19-7-6-11(18-19)17-13(21)15-8-12(20)16-10-4-2-9(14)3-5-10/h2-7H,8H2,1H3,(H,16,20)(H2,15,17,18,21). The highest BCUT2D eigenvalue weighted by atomic mass is 19.1. The minimum absolute atomic E-state index is 0.212. The molecule has 1 aromatic carbocycles. The van der Waals surface area contributed by atoms with Gasteiger partial charge in [0.05, 0.1) is 6.54 Å². The van der Waals surface area contributed by atoms with Gasteiger partial charge in [-0.15, -0.1) is 0 Å². The van der Waals surface area contributed by atoms with Gasteiger partial charge in [0.15, 0.2) is 5.82 Å². The number of nitrogens with one attached hydrogen (secondary N) is 3. The summed E-state index contributed by atoms with van der Waals surface area (Å²) < 4.78 is 14.2. The number of hydrogen-bond acceptors (Lipinski definition) is 3. The Balaban J connectivity index is 1.75. The lowest BCUT2D eigenvalue weighted by atomic mass is 10.3. The maximum Gasteiger partial charge on any atom is 0.320 e. The fourth-order valence-corrected chi connectivity index (χ4v) is 1.54. The van der Waals surface area contributed by atoms with E-state index in [0.29, 0.717) is 11.5 Å². The Morgan fingerprint density at radius 2 is 1.90 bits per heavy atom. The minimum atomic E-state index is -0.539. The van der Waals surface area contributed by atoms with Crippen molar-refractivity contribution in [3.05, 3.63) is 42.3 Å². The normalized spacial score (nSPS) is 10.0. The average molecular weight is 291 g/mol. The van der Waals surface area contributed by atoms with Crippen LogP contribution in [0.2, 0.25) is 0 Å². The van der Waals surface area contributed by atoms with Crippen LogP contribution in [0.4, 0.5) is 20.7 Å². The number of aromatic nitrogens is 2. The Kier molecular flexibility index (Phi) is 4.50. The molecule has 0 bridgehead atoms. The Labute approximate surface area is 120 Å². The van der Waals surface area contributed by atoms with Gasteiger partial charge in [-0.25, -0.2) is 9.18 Å².